The summed E-state index contributed by atoms with van der Waals surface area (Å²) in [7, 11) is 1.86. The first kappa shape index (κ1) is 15.8. The average molecular weight is 295 g/mol. The van der Waals surface area contributed by atoms with Gasteiger partial charge < -0.3 is 19.3 Å². The summed E-state index contributed by atoms with van der Waals surface area (Å²) in [5.41, 5.74) is -0.498. The summed E-state index contributed by atoms with van der Waals surface area (Å²) in [6.45, 7) is 6.75. The largest absolute Gasteiger partial charge is 0.444 e. The Bertz CT molecular complexity index is 493. The molecule has 2 rings (SSSR count). The molecular formula is C15H25N3O3. The minimum Gasteiger partial charge on any atom is -0.444 e. The lowest BCUT2D eigenvalue weighted by Gasteiger charge is -2.35. The van der Waals surface area contributed by atoms with Gasteiger partial charge in [-0.15, -0.1) is 0 Å². The number of aliphatic hydroxyl groups is 1. The number of amides is 1. The number of piperidine rings is 1. The number of carbonyl (C=O) groups excluding carboxylic acids is 1. The lowest BCUT2D eigenvalue weighted by atomic mass is 9.92. The van der Waals surface area contributed by atoms with Gasteiger partial charge >= 0.3 is 6.09 Å². The second-order valence-corrected chi connectivity index (χ2v) is 6.67. The first-order chi connectivity index (χ1) is 9.78. The van der Waals surface area contributed by atoms with Crippen LogP contribution in [-0.2, 0) is 11.8 Å². The summed E-state index contributed by atoms with van der Waals surface area (Å²) in [5, 5.41) is 10.5. The number of carbonyl (C=O) groups is 1. The maximum atomic E-state index is 12.1. The zero-order valence-electron chi connectivity index (χ0n) is 13.2. The van der Waals surface area contributed by atoms with E-state index in [9.17, 15) is 9.90 Å². The van der Waals surface area contributed by atoms with Crippen molar-refractivity contribution in [2.24, 2.45) is 13.0 Å². The van der Waals surface area contributed by atoms with Crippen molar-refractivity contribution in [1.29, 1.82) is 0 Å². The van der Waals surface area contributed by atoms with Gasteiger partial charge in [-0.25, -0.2) is 9.78 Å². The molecule has 1 aliphatic heterocycles. The topological polar surface area (TPSA) is 67.6 Å². The minimum absolute atomic E-state index is 0.00707. The van der Waals surface area contributed by atoms with Crippen LogP contribution in [0.2, 0.25) is 0 Å². The van der Waals surface area contributed by atoms with Crippen molar-refractivity contribution in [1.82, 2.24) is 14.5 Å². The quantitative estimate of drug-likeness (QED) is 0.907. The number of nitrogens with zero attached hydrogens (tertiary/aromatic N) is 3. The average Bonchev–Trinajstić information content (AvgIpc) is 2.82. The van der Waals surface area contributed by atoms with E-state index in [0.717, 1.165) is 12.8 Å². The minimum atomic E-state index is -0.657. The molecule has 1 aromatic rings. The van der Waals surface area contributed by atoms with Crippen LogP contribution in [0.25, 0.3) is 0 Å². The number of hydrogen-bond acceptors (Lipinski definition) is 4. The van der Waals surface area contributed by atoms with E-state index < -0.39 is 11.7 Å². The number of aryl methyl sites for hydroxylation is 1. The van der Waals surface area contributed by atoms with Crippen molar-refractivity contribution < 1.29 is 14.6 Å². The fourth-order valence-corrected chi connectivity index (χ4v) is 2.63. The Morgan fingerprint density at radius 3 is 2.81 bits per heavy atom. The molecule has 1 saturated heterocycles. The van der Waals surface area contributed by atoms with Crippen LogP contribution in [-0.4, -0.2) is 44.3 Å². The summed E-state index contributed by atoms with van der Waals surface area (Å²) >= 11 is 0. The number of aliphatic hydroxyl groups excluding tert-OH is 1. The number of aromatic nitrogens is 2. The Morgan fingerprint density at radius 1 is 1.52 bits per heavy atom. The molecule has 118 valence electrons. The predicted octanol–water partition coefficient (Wildman–Crippen LogP) is 2.10. The van der Waals surface area contributed by atoms with E-state index in [1.807, 2.05) is 38.6 Å². The molecule has 1 amide bonds. The highest BCUT2D eigenvalue weighted by Gasteiger charge is 2.32. The smallest absolute Gasteiger partial charge is 0.410 e. The fraction of sp³-hybridized carbons (Fsp3) is 0.733. The number of hydrogen-bond donors (Lipinski definition) is 1. The normalized spacial score (nSPS) is 21.2. The van der Waals surface area contributed by atoms with Gasteiger partial charge in [0.25, 0.3) is 0 Å². The SMILES string of the molecule is Cn1ccnc1[C@@H](O)[C@H]1CCCN(C(=O)OC(C)(C)C)C1. The van der Waals surface area contributed by atoms with Gasteiger partial charge in [0.15, 0.2) is 0 Å². The molecule has 6 heteroatoms. The molecule has 0 spiro atoms. The molecule has 2 heterocycles. The Hall–Kier alpha value is -1.56. The van der Waals surface area contributed by atoms with E-state index in [1.54, 1.807) is 11.1 Å². The van der Waals surface area contributed by atoms with Gasteiger partial charge in [0.1, 0.15) is 17.5 Å². The summed E-state index contributed by atoms with van der Waals surface area (Å²) < 4.78 is 7.22. The van der Waals surface area contributed by atoms with Crippen LogP contribution in [0, 0.1) is 5.92 Å². The highest BCUT2D eigenvalue weighted by atomic mass is 16.6. The van der Waals surface area contributed by atoms with Crippen molar-refractivity contribution in [3.05, 3.63) is 18.2 Å². The molecule has 0 aromatic carbocycles. The Morgan fingerprint density at radius 2 is 2.24 bits per heavy atom. The van der Waals surface area contributed by atoms with Gasteiger partial charge in [-0.2, -0.15) is 0 Å². The molecule has 2 atom stereocenters. The lowest BCUT2D eigenvalue weighted by Crippen LogP contribution is -2.44. The fourth-order valence-electron chi connectivity index (χ4n) is 2.63. The molecule has 0 unspecified atom stereocenters. The second-order valence-electron chi connectivity index (χ2n) is 6.67. The van der Waals surface area contributed by atoms with Crippen LogP contribution >= 0.6 is 0 Å². The van der Waals surface area contributed by atoms with Gasteiger partial charge in [-0.05, 0) is 33.6 Å². The molecular weight excluding hydrogens is 270 g/mol. The molecule has 0 radical (unpaired) electrons. The van der Waals surface area contributed by atoms with Crippen molar-refractivity contribution >= 4 is 6.09 Å². The van der Waals surface area contributed by atoms with E-state index in [2.05, 4.69) is 4.98 Å². The van der Waals surface area contributed by atoms with E-state index in [1.165, 1.54) is 0 Å². The Kier molecular flexibility index (Phi) is 4.56. The van der Waals surface area contributed by atoms with E-state index in [4.69, 9.17) is 4.74 Å². The van der Waals surface area contributed by atoms with Gasteiger partial charge in [0.2, 0.25) is 0 Å². The molecule has 1 aliphatic rings. The van der Waals surface area contributed by atoms with Gasteiger partial charge in [0.05, 0.1) is 0 Å². The maximum absolute atomic E-state index is 12.1. The van der Waals surface area contributed by atoms with Crippen molar-refractivity contribution in [3.8, 4) is 0 Å². The highest BCUT2D eigenvalue weighted by molar-refractivity contribution is 5.68. The maximum Gasteiger partial charge on any atom is 0.410 e. The number of likely N-dealkylation sites (tertiary alicyclic amines) is 1. The Balaban J connectivity index is 2.01. The van der Waals surface area contributed by atoms with Crippen LogP contribution in [0.15, 0.2) is 12.4 Å². The van der Waals surface area contributed by atoms with E-state index in [0.29, 0.717) is 18.9 Å². The van der Waals surface area contributed by atoms with Crippen molar-refractivity contribution in [2.45, 2.75) is 45.3 Å². The van der Waals surface area contributed by atoms with Gasteiger partial charge in [0, 0.05) is 38.4 Å². The molecule has 1 N–H and O–H groups in total. The molecule has 0 bridgehead atoms. The molecule has 1 aromatic heterocycles. The van der Waals surface area contributed by atoms with Gasteiger partial charge in [-0.1, -0.05) is 0 Å². The van der Waals surface area contributed by atoms with Gasteiger partial charge in [-0.3, -0.25) is 0 Å². The third kappa shape index (κ3) is 3.97. The summed E-state index contributed by atoms with van der Waals surface area (Å²) in [6.07, 6.45) is 4.27. The zero-order chi connectivity index (χ0) is 15.6. The second kappa shape index (κ2) is 6.05. The predicted molar refractivity (Wildman–Crippen MR) is 78.7 cm³/mol. The zero-order valence-corrected chi connectivity index (χ0v) is 13.2. The van der Waals surface area contributed by atoms with E-state index in [-0.39, 0.29) is 12.0 Å². The van der Waals surface area contributed by atoms with Crippen molar-refractivity contribution in [2.75, 3.05) is 13.1 Å². The summed E-state index contributed by atoms with van der Waals surface area (Å²) in [4.78, 5) is 18.0. The van der Waals surface area contributed by atoms with Crippen LogP contribution in [0.4, 0.5) is 4.79 Å². The third-order valence-electron chi connectivity index (χ3n) is 3.68. The Labute approximate surface area is 125 Å². The monoisotopic (exact) mass is 295 g/mol. The third-order valence-corrected chi connectivity index (χ3v) is 3.68. The number of rotatable bonds is 2. The number of imidazole rings is 1. The summed E-state index contributed by atoms with van der Waals surface area (Å²) in [5.74, 6) is 0.637. The lowest BCUT2D eigenvalue weighted by molar-refractivity contribution is 0.000567. The summed E-state index contributed by atoms with van der Waals surface area (Å²) in [6, 6.07) is 0. The van der Waals surface area contributed by atoms with E-state index >= 15 is 0 Å². The van der Waals surface area contributed by atoms with Crippen LogP contribution in [0.3, 0.4) is 0 Å². The molecule has 0 saturated carbocycles. The number of ether oxygens (including phenoxy) is 1. The highest BCUT2D eigenvalue weighted by Crippen LogP contribution is 2.29. The molecule has 1 fully saturated rings. The standard InChI is InChI=1S/C15H25N3O3/c1-15(2,3)21-14(20)18-8-5-6-11(10-18)12(19)13-16-7-9-17(13)4/h7,9,11-12,19H,5-6,8,10H2,1-4H3/t11-,12-/m0/s1. The molecule has 0 aliphatic carbocycles. The van der Waals surface area contributed by atoms with Crippen LogP contribution < -0.4 is 0 Å². The molecule has 6 nitrogen and oxygen atoms in total. The first-order valence-electron chi connectivity index (χ1n) is 7.41. The van der Waals surface area contributed by atoms with Crippen LogP contribution in [0.1, 0.15) is 45.5 Å². The first-order valence-corrected chi connectivity index (χ1v) is 7.41. The van der Waals surface area contributed by atoms with Crippen LogP contribution in [0.5, 0.6) is 0 Å². The molecule has 21 heavy (non-hydrogen) atoms. The van der Waals surface area contributed by atoms with Crippen molar-refractivity contribution in [3.63, 3.8) is 0 Å².